The largest absolute Gasteiger partial charge is 0.367 e. The Balaban J connectivity index is 1.91. The fraction of sp³-hybridized carbons (Fsp3) is 0.727. The maximum absolute atomic E-state index is 12.1. The molecule has 1 saturated carbocycles. The molecule has 0 unspecified atom stereocenters. The molecular weight excluding hydrogens is 218 g/mol. The molecule has 0 radical (unpaired) electrons. The van der Waals surface area contributed by atoms with E-state index in [4.69, 9.17) is 5.73 Å². The van der Waals surface area contributed by atoms with Crippen LogP contribution in [0.4, 0.5) is 5.95 Å². The molecule has 0 spiro atoms. The zero-order valence-corrected chi connectivity index (χ0v) is 10.2. The standard InChI is InChI=1S/C11H19N5O/c1-2-3-6-16(9-4-5-9)10(17)7-15-8-13-11(12)14-15/h8-9H,2-7H2,1H3,(H2,12,14). The van der Waals surface area contributed by atoms with E-state index in [0.717, 1.165) is 32.2 Å². The molecule has 1 heterocycles. The van der Waals surface area contributed by atoms with E-state index in [9.17, 15) is 4.79 Å². The number of carbonyl (C=O) groups excluding carboxylic acids is 1. The van der Waals surface area contributed by atoms with Crippen molar-refractivity contribution in [2.45, 2.75) is 45.2 Å². The minimum Gasteiger partial charge on any atom is -0.367 e. The second kappa shape index (κ2) is 5.16. The Morgan fingerprint density at radius 3 is 2.94 bits per heavy atom. The number of unbranched alkanes of at least 4 members (excludes halogenated alkanes) is 1. The molecule has 1 aliphatic rings. The Kier molecular flexibility index (Phi) is 3.61. The number of rotatable bonds is 6. The summed E-state index contributed by atoms with van der Waals surface area (Å²) < 4.78 is 1.50. The van der Waals surface area contributed by atoms with Crippen LogP contribution in [-0.4, -0.2) is 38.2 Å². The number of nitrogens with zero attached hydrogens (tertiary/aromatic N) is 4. The highest BCUT2D eigenvalue weighted by molar-refractivity contribution is 5.76. The maximum Gasteiger partial charge on any atom is 0.244 e. The highest BCUT2D eigenvalue weighted by Crippen LogP contribution is 2.27. The fourth-order valence-electron chi connectivity index (χ4n) is 1.84. The van der Waals surface area contributed by atoms with Crippen molar-refractivity contribution in [3.63, 3.8) is 0 Å². The van der Waals surface area contributed by atoms with Gasteiger partial charge in [-0.05, 0) is 19.3 Å². The second-order valence-electron chi connectivity index (χ2n) is 4.47. The van der Waals surface area contributed by atoms with Crippen LogP contribution in [0.2, 0.25) is 0 Å². The number of nitrogens with two attached hydrogens (primary N) is 1. The molecule has 0 aliphatic heterocycles. The molecule has 0 bridgehead atoms. The third-order valence-corrected chi connectivity index (χ3v) is 2.91. The Morgan fingerprint density at radius 1 is 1.65 bits per heavy atom. The molecule has 0 atom stereocenters. The molecule has 17 heavy (non-hydrogen) atoms. The van der Waals surface area contributed by atoms with Crippen molar-refractivity contribution in [3.8, 4) is 0 Å². The van der Waals surface area contributed by atoms with Gasteiger partial charge in [-0.3, -0.25) is 4.79 Å². The molecule has 1 aromatic heterocycles. The van der Waals surface area contributed by atoms with Gasteiger partial charge in [0.1, 0.15) is 12.9 Å². The van der Waals surface area contributed by atoms with E-state index in [1.54, 1.807) is 0 Å². The minimum atomic E-state index is 0.117. The first-order chi connectivity index (χ1) is 8.20. The molecule has 2 N–H and O–H groups in total. The van der Waals surface area contributed by atoms with E-state index >= 15 is 0 Å². The quantitative estimate of drug-likeness (QED) is 0.788. The Hall–Kier alpha value is -1.59. The molecule has 1 aliphatic carbocycles. The number of anilines is 1. The molecule has 1 amide bonds. The summed E-state index contributed by atoms with van der Waals surface area (Å²) >= 11 is 0. The maximum atomic E-state index is 12.1. The third kappa shape index (κ3) is 3.18. The first-order valence-corrected chi connectivity index (χ1v) is 6.15. The summed E-state index contributed by atoms with van der Waals surface area (Å²) in [5, 5.41) is 3.93. The van der Waals surface area contributed by atoms with Gasteiger partial charge in [-0.25, -0.2) is 9.67 Å². The van der Waals surface area contributed by atoms with Crippen LogP contribution in [0.1, 0.15) is 32.6 Å². The highest BCUT2D eigenvalue weighted by atomic mass is 16.2. The van der Waals surface area contributed by atoms with E-state index in [2.05, 4.69) is 17.0 Å². The number of carbonyl (C=O) groups is 1. The summed E-state index contributed by atoms with van der Waals surface area (Å²) in [6.07, 6.45) is 5.93. The van der Waals surface area contributed by atoms with Gasteiger partial charge >= 0.3 is 0 Å². The smallest absolute Gasteiger partial charge is 0.244 e. The Labute approximate surface area is 101 Å². The molecule has 0 aromatic carbocycles. The van der Waals surface area contributed by atoms with E-state index in [1.807, 2.05) is 4.90 Å². The van der Waals surface area contributed by atoms with Crippen LogP contribution in [0.15, 0.2) is 6.33 Å². The van der Waals surface area contributed by atoms with E-state index in [1.165, 1.54) is 11.0 Å². The molecule has 6 nitrogen and oxygen atoms in total. The predicted octanol–water partition coefficient (Wildman–Crippen LogP) is 0.651. The summed E-state index contributed by atoms with van der Waals surface area (Å²) in [6.45, 7) is 3.22. The van der Waals surface area contributed by atoms with Crippen LogP contribution in [0, 0.1) is 0 Å². The van der Waals surface area contributed by atoms with Gasteiger partial charge < -0.3 is 10.6 Å². The van der Waals surface area contributed by atoms with E-state index in [-0.39, 0.29) is 18.4 Å². The summed E-state index contributed by atoms with van der Waals surface area (Å²) in [7, 11) is 0. The number of hydrogen-bond acceptors (Lipinski definition) is 4. The average Bonchev–Trinajstić information content (AvgIpc) is 3.04. The van der Waals surface area contributed by atoms with Crippen molar-refractivity contribution < 1.29 is 4.79 Å². The highest BCUT2D eigenvalue weighted by Gasteiger charge is 2.31. The lowest BCUT2D eigenvalue weighted by molar-refractivity contribution is -0.132. The minimum absolute atomic E-state index is 0.117. The van der Waals surface area contributed by atoms with Gasteiger partial charge in [0.15, 0.2) is 0 Å². The van der Waals surface area contributed by atoms with Crippen LogP contribution in [-0.2, 0) is 11.3 Å². The normalized spacial score (nSPS) is 14.9. The van der Waals surface area contributed by atoms with E-state index in [0.29, 0.717) is 6.04 Å². The molecule has 1 aromatic rings. The molecule has 94 valence electrons. The van der Waals surface area contributed by atoms with Crippen LogP contribution in [0.5, 0.6) is 0 Å². The number of hydrogen-bond donors (Lipinski definition) is 1. The van der Waals surface area contributed by atoms with Crippen molar-refractivity contribution in [1.29, 1.82) is 0 Å². The van der Waals surface area contributed by atoms with Crippen molar-refractivity contribution in [2.75, 3.05) is 12.3 Å². The third-order valence-electron chi connectivity index (χ3n) is 2.91. The average molecular weight is 237 g/mol. The zero-order valence-electron chi connectivity index (χ0n) is 10.2. The molecule has 1 fully saturated rings. The lowest BCUT2D eigenvalue weighted by Gasteiger charge is -2.22. The molecular formula is C11H19N5O. The molecule has 2 rings (SSSR count). The fourth-order valence-corrected chi connectivity index (χ4v) is 1.84. The van der Waals surface area contributed by atoms with Gasteiger partial charge in [0, 0.05) is 12.6 Å². The molecule has 6 heteroatoms. The SMILES string of the molecule is CCCCN(C(=O)Cn1cnc(N)n1)C1CC1. The topological polar surface area (TPSA) is 77.0 Å². The first-order valence-electron chi connectivity index (χ1n) is 6.15. The van der Waals surface area contributed by atoms with Crippen LogP contribution in [0.3, 0.4) is 0 Å². The number of nitrogen functional groups attached to an aromatic ring is 1. The molecule has 0 saturated heterocycles. The monoisotopic (exact) mass is 237 g/mol. The van der Waals surface area contributed by atoms with Crippen molar-refractivity contribution in [2.24, 2.45) is 0 Å². The van der Waals surface area contributed by atoms with Gasteiger partial charge in [0.05, 0.1) is 0 Å². The van der Waals surface area contributed by atoms with Gasteiger partial charge in [-0.2, -0.15) is 0 Å². The first kappa shape index (κ1) is 11.9. The van der Waals surface area contributed by atoms with Crippen LogP contribution in [0.25, 0.3) is 0 Å². The van der Waals surface area contributed by atoms with Crippen LogP contribution < -0.4 is 5.73 Å². The van der Waals surface area contributed by atoms with Crippen LogP contribution >= 0.6 is 0 Å². The zero-order chi connectivity index (χ0) is 12.3. The lowest BCUT2D eigenvalue weighted by Crippen LogP contribution is -2.36. The van der Waals surface area contributed by atoms with Gasteiger partial charge in [-0.1, -0.05) is 13.3 Å². The summed E-state index contributed by atoms with van der Waals surface area (Å²) in [6, 6.07) is 0.454. The summed E-state index contributed by atoms with van der Waals surface area (Å²) in [5.74, 6) is 0.329. The van der Waals surface area contributed by atoms with Gasteiger partial charge in [0.25, 0.3) is 0 Å². The summed E-state index contributed by atoms with van der Waals surface area (Å²) in [4.78, 5) is 17.9. The lowest BCUT2D eigenvalue weighted by atomic mass is 10.3. The number of aromatic nitrogens is 3. The van der Waals surface area contributed by atoms with Crippen molar-refractivity contribution in [3.05, 3.63) is 6.33 Å². The number of amides is 1. The Bertz CT molecular complexity index is 385. The second-order valence-corrected chi connectivity index (χ2v) is 4.47. The van der Waals surface area contributed by atoms with Crippen molar-refractivity contribution >= 4 is 11.9 Å². The van der Waals surface area contributed by atoms with Gasteiger partial charge in [0.2, 0.25) is 11.9 Å². The Morgan fingerprint density at radius 2 is 2.41 bits per heavy atom. The van der Waals surface area contributed by atoms with E-state index < -0.39 is 0 Å². The summed E-state index contributed by atoms with van der Waals surface area (Å²) in [5.41, 5.74) is 5.41. The van der Waals surface area contributed by atoms with Crippen molar-refractivity contribution in [1.82, 2.24) is 19.7 Å². The predicted molar refractivity (Wildman–Crippen MR) is 64.1 cm³/mol. The van der Waals surface area contributed by atoms with Gasteiger partial charge in [-0.15, -0.1) is 5.10 Å².